The van der Waals surface area contributed by atoms with Gasteiger partial charge in [0.1, 0.15) is 5.82 Å². The molecule has 1 heterocycles. The van der Waals surface area contributed by atoms with Gasteiger partial charge in [0.05, 0.1) is 18.4 Å². The Bertz CT molecular complexity index is 392. The van der Waals surface area contributed by atoms with Crippen LogP contribution in [0.15, 0.2) is 12.1 Å². The Labute approximate surface area is 98.5 Å². The normalized spacial score (nSPS) is 19.5. The molecular formula is C12H15F2NO2. The van der Waals surface area contributed by atoms with Crippen LogP contribution in [-0.4, -0.2) is 19.3 Å². The van der Waals surface area contributed by atoms with Gasteiger partial charge in [-0.15, -0.1) is 0 Å². The Morgan fingerprint density at radius 3 is 2.88 bits per heavy atom. The van der Waals surface area contributed by atoms with Crippen molar-refractivity contribution in [2.45, 2.75) is 25.4 Å². The third kappa shape index (κ3) is 3.06. The maximum Gasteiger partial charge on any atom is 0.167 e. The Kier molecular flexibility index (Phi) is 3.78. The minimum absolute atomic E-state index is 0.102. The molecule has 1 aliphatic rings. The summed E-state index contributed by atoms with van der Waals surface area (Å²) in [6.45, 7) is 1.08. The SMILES string of the molecule is Nc1cc(F)c(OCCC2CCCO2)cc1F. The average molecular weight is 243 g/mol. The molecule has 0 aromatic heterocycles. The number of benzene rings is 1. The van der Waals surface area contributed by atoms with Crippen molar-refractivity contribution in [3.8, 4) is 5.75 Å². The number of anilines is 1. The van der Waals surface area contributed by atoms with Crippen LogP contribution in [-0.2, 0) is 4.74 Å². The molecule has 0 bridgehead atoms. The molecule has 1 fully saturated rings. The lowest BCUT2D eigenvalue weighted by molar-refractivity contribution is 0.0897. The number of nitrogen functional groups attached to an aromatic ring is 1. The molecule has 3 nitrogen and oxygen atoms in total. The Hall–Kier alpha value is -1.36. The summed E-state index contributed by atoms with van der Waals surface area (Å²) in [5.74, 6) is -1.41. The second-order valence-electron chi connectivity index (χ2n) is 4.08. The van der Waals surface area contributed by atoms with E-state index in [0.717, 1.165) is 31.6 Å². The van der Waals surface area contributed by atoms with E-state index in [4.69, 9.17) is 15.2 Å². The first-order valence-corrected chi connectivity index (χ1v) is 5.66. The predicted octanol–water partition coefficient (Wildman–Crippen LogP) is 2.49. The summed E-state index contributed by atoms with van der Waals surface area (Å²) in [7, 11) is 0. The number of hydrogen-bond acceptors (Lipinski definition) is 3. The zero-order chi connectivity index (χ0) is 12.3. The molecule has 1 aliphatic heterocycles. The summed E-state index contributed by atoms with van der Waals surface area (Å²) in [4.78, 5) is 0. The van der Waals surface area contributed by atoms with Crippen LogP contribution in [0.2, 0.25) is 0 Å². The van der Waals surface area contributed by atoms with Gasteiger partial charge in [0.15, 0.2) is 11.6 Å². The quantitative estimate of drug-likeness (QED) is 0.826. The summed E-state index contributed by atoms with van der Waals surface area (Å²) in [5.41, 5.74) is 5.01. The second kappa shape index (κ2) is 5.31. The molecule has 2 N–H and O–H groups in total. The fourth-order valence-corrected chi connectivity index (χ4v) is 1.83. The number of ether oxygens (including phenoxy) is 2. The van der Waals surface area contributed by atoms with E-state index in [-0.39, 0.29) is 17.5 Å². The molecule has 1 saturated heterocycles. The number of halogens is 2. The Balaban J connectivity index is 1.87. The van der Waals surface area contributed by atoms with E-state index in [1.165, 1.54) is 0 Å². The highest BCUT2D eigenvalue weighted by Gasteiger charge is 2.16. The van der Waals surface area contributed by atoms with Gasteiger partial charge in [0.2, 0.25) is 0 Å². The van der Waals surface area contributed by atoms with E-state index in [1.807, 2.05) is 0 Å². The fourth-order valence-electron chi connectivity index (χ4n) is 1.83. The molecular weight excluding hydrogens is 228 g/mol. The first-order chi connectivity index (χ1) is 8.16. The van der Waals surface area contributed by atoms with Crippen molar-refractivity contribution in [1.82, 2.24) is 0 Å². The van der Waals surface area contributed by atoms with Crippen molar-refractivity contribution >= 4 is 5.69 Å². The predicted molar refractivity (Wildman–Crippen MR) is 59.9 cm³/mol. The van der Waals surface area contributed by atoms with Gasteiger partial charge in [-0.05, 0) is 12.8 Å². The van der Waals surface area contributed by atoms with E-state index in [0.29, 0.717) is 13.0 Å². The van der Waals surface area contributed by atoms with Crippen LogP contribution in [0.5, 0.6) is 5.75 Å². The summed E-state index contributed by atoms with van der Waals surface area (Å²) >= 11 is 0. The molecule has 5 heteroatoms. The van der Waals surface area contributed by atoms with Gasteiger partial charge < -0.3 is 15.2 Å². The lowest BCUT2D eigenvalue weighted by Gasteiger charge is -2.11. The standard InChI is InChI=1S/C12H15F2NO2/c13-9-7-12(10(14)6-11(9)15)17-5-3-8-2-1-4-16-8/h6-8H,1-5,15H2. The smallest absolute Gasteiger partial charge is 0.167 e. The van der Waals surface area contributed by atoms with Crippen molar-refractivity contribution in [1.29, 1.82) is 0 Å². The van der Waals surface area contributed by atoms with E-state index in [2.05, 4.69) is 0 Å². The van der Waals surface area contributed by atoms with Crippen molar-refractivity contribution in [2.75, 3.05) is 18.9 Å². The lowest BCUT2D eigenvalue weighted by atomic mass is 10.2. The third-order valence-electron chi connectivity index (χ3n) is 2.77. The average Bonchev–Trinajstić information content (AvgIpc) is 2.78. The van der Waals surface area contributed by atoms with Gasteiger partial charge in [-0.1, -0.05) is 0 Å². The fraction of sp³-hybridized carbons (Fsp3) is 0.500. The van der Waals surface area contributed by atoms with E-state index < -0.39 is 11.6 Å². The van der Waals surface area contributed by atoms with Gasteiger partial charge in [-0.2, -0.15) is 0 Å². The second-order valence-corrected chi connectivity index (χ2v) is 4.08. The maximum atomic E-state index is 13.3. The molecule has 0 radical (unpaired) electrons. The summed E-state index contributed by atoms with van der Waals surface area (Å²) in [6.07, 6.45) is 2.92. The van der Waals surface area contributed by atoms with Crippen LogP contribution < -0.4 is 10.5 Å². The van der Waals surface area contributed by atoms with Gasteiger partial charge in [0, 0.05) is 25.2 Å². The zero-order valence-corrected chi connectivity index (χ0v) is 9.42. The molecule has 0 saturated carbocycles. The number of hydrogen-bond donors (Lipinski definition) is 1. The highest BCUT2D eigenvalue weighted by molar-refractivity contribution is 5.44. The van der Waals surface area contributed by atoms with Crippen LogP contribution in [0, 0.1) is 11.6 Å². The van der Waals surface area contributed by atoms with Crippen LogP contribution in [0.4, 0.5) is 14.5 Å². The summed E-state index contributed by atoms with van der Waals surface area (Å²) in [5, 5.41) is 0. The van der Waals surface area contributed by atoms with E-state index >= 15 is 0 Å². The molecule has 0 spiro atoms. The first-order valence-electron chi connectivity index (χ1n) is 5.66. The molecule has 1 aromatic carbocycles. The Morgan fingerprint density at radius 1 is 1.35 bits per heavy atom. The minimum atomic E-state index is -0.668. The van der Waals surface area contributed by atoms with Crippen molar-refractivity contribution in [3.05, 3.63) is 23.8 Å². The summed E-state index contributed by atoms with van der Waals surface area (Å²) in [6, 6.07) is 1.90. The van der Waals surface area contributed by atoms with Crippen molar-refractivity contribution < 1.29 is 18.3 Å². The summed E-state index contributed by atoms with van der Waals surface area (Å²) < 4.78 is 37.0. The molecule has 1 atom stereocenters. The van der Waals surface area contributed by atoms with Crippen molar-refractivity contribution in [3.63, 3.8) is 0 Å². The van der Waals surface area contributed by atoms with E-state index in [1.54, 1.807) is 0 Å². The highest BCUT2D eigenvalue weighted by atomic mass is 19.1. The van der Waals surface area contributed by atoms with Crippen molar-refractivity contribution in [2.24, 2.45) is 0 Å². The maximum absolute atomic E-state index is 13.3. The molecule has 0 aliphatic carbocycles. The van der Waals surface area contributed by atoms with Gasteiger partial charge in [-0.25, -0.2) is 8.78 Å². The number of nitrogens with two attached hydrogens (primary N) is 1. The first kappa shape index (κ1) is 12.1. The van der Waals surface area contributed by atoms with Gasteiger partial charge >= 0.3 is 0 Å². The van der Waals surface area contributed by atoms with E-state index in [9.17, 15) is 8.78 Å². The minimum Gasteiger partial charge on any atom is -0.490 e. The molecule has 0 amide bonds. The van der Waals surface area contributed by atoms with Gasteiger partial charge in [-0.3, -0.25) is 0 Å². The molecule has 2 rings (SSSR count). The van der Waals surface area contributed by atoms with Crippen LogP contribution in [0.25, 0.3) is 0 Å². The number of rotatable bonds is 4. The molecule has 1 aromatic rings. The Morgan fingerprint density at radius 2 is 2.18 bits per heavy atom. The molecule has 94 valence electrons. The zero-order valence-electron chi connectivity index (χ0n) is 9.42. The van der Waals surface area contributed by atoms with Gasteiger partial charge in [0.25, 0.3) is 0 Å². The van der Waals surface area contributed by atoms with Crippen LogP contribution in [0.3, 0.4) is 0 Å². The third-order valence-corrected chi connectivity index (χ3v) is 2.77. The lowest BCUT2D eigenvalue weighted by Crippen LogP contribution is -2.11. The molecule has 1 unspecified atom stereocenters. The van der Waals surface area contributed by atoms with Crippen LogP contribution >= 0.6 is 0 Å². The largest absolute Gasteiger partial charge is 0.490 e. The monoisotopic (exact) mass is 243 g/mol. The van der Waals surface area contributed by atoms with Crippen LogP contribution in [0.1, 0.15) is 19.3 Å². The topological polar surface area (TPSA) is 44.5 Å². The molecule has 17 heavy (non-hydrogen) atoms. The highest BCUT2D eigenvalue weighted by Crippen LogP contribution is 2.23.